The van der Waals surface area contributed by atoms with Crippen molar-refractivity contribution >= 4 is 23.3 Å². The van der Waals surface area contributed by atoms with Crippen LogP contribution in [-0.2, 0) is 4.74 Å². The average molecular weight is 249 g/mol. The first-order valence-corrected chi connectivity index (χ1v) is 5.78. The van der Waals surface area contributed by atoms with Gasteiger partial charge in [0.15, 0.2) is 0 Å². The molecule has 0 atom stereocenters. The van der Waals surface area contributed by atoms with Gasteiger partial charge in [-0.25, -0.2) is 11.3 Å². The van der Waals surface area contributed by atoms with Gasteiger partial charge in [-0.1, -0.05) is 6.07 Å². The summed E-state index contributed by atoms with van der Waals surface area (Å²) in [5.41, 5.74) is 9.44. The molecule has 0 heterocycles. The van der Waals surface area contributed by atoms with Gasteiger partial charge in [0, 0.05) is 7.05 Å². The summed E-state index contributed by atoms with van der Waals surface area (Å²) in [6, 6.07) is 3.82. The molecular weight excluding hydrogens is 228 g/mol. The Morgan fingerprint density at radius 3 is 2.72 bits per heavy atom. The predicted octanol–water partition coefficient (Wildman–Crippen LogP) is 0.0944. The van der Waals surface area contributed by atoms with Crippen LogP contribution in [0.4, 0.5) is 11.4 Å². The number of ether oxygens (including phenoxy) is 1. The van der Waals surface area contributed by atoms with Gasteiger partial charge in [-0.2, -0.15) is 0 Å². The highest BCUT2D eigenvalue weighted by atomic mass is 16.5. The predicted molar refractivity (Wildman–Crippen MR) is 75.8 cm³/mol. The highest BCUT2D eigenvalue weighted by Crippen LogP contribution is 2.27. The number of hydrogen-bond donors (Lipinski definition) is 3. The molecule has 0 saturated heterocycles. The van der Waals surface area contributed by atoms with Gasteiger partial charge < -0.3 is 15.5 Å². The van der Waals surface area contributed by atoms with Gasteiger partial charge in [0.25, 0.3) is 0 Å². The van der Waals surface area contributed by atoms with E-state index in [2.05, 4.69) is 0 Å². The van der Waals surface area contributed by atoms with Crippen LogP contribution >= 0.6 is 0 Å². The van der Waals surface area contributed by atoms with E-state index in [4.69, 9.17) is 21.7 Å². The largest absolute Gasteiger partial charge is 0.445 e. The molecule has 0 radical (unpaired) electrons. The number of nitrogens with zero attached hydrogens (tertiary/aromatic N) is 1. The Morgan fingerprint density at radius 2 is 2.17 bits per heavy atom. The second-order valence-electron chi connectivity index (χ2n) is 3.99. The van der Waals surface area contributed by atoms with Gasteiger partial charge in [0.1, 0.15) is 0 Å². The summed E-state index contributed by atoms with van der Waals surface area (Å²) in [4.78, 5) is 0. The van der Waals surface area contributed by atoms with Crippen LogP contribution in [0.25, 0.3) is 6.08 Å². The first-order chi connectivity index (χ1) is 8.47. The van der Waals surface area contributed by atoms with Crippen molar-refractivity contribution in [2.75, 3.05) is 24.4 Å². The Hall–Kier alpha value is -2.01. The molecule has 1 aromatic carbocycles. The molecule has 98 valence electrons. The Morgan fingerprint density at radius 1 is 1.50 bits per heavy atom. The minimum atomic E-state index is 0.385. The fourth-order valence-corrected chi connectivity index (χ4v) is 1.61. The maximum atomic E-state index is 6.02. The standard InChI is InChI=1S/C13H20N4O/c1-4-18-12(14)8-6-10-5-7-11(17(3)16)13(15)9(10)2/h5-8,14H,4,15-16H2,1-3H3/p+1. The first-order valence-electron chi connectivity index (χ1n) is 5.78. The number of anilines is 2. The molecule has 6 N–H and O–H groups in total. The van der Waals surface area contributed by atoms with E-state index in [1.807, 2.05) is 32.1 Å². The summed E-state index contributed by atoms with van der Waals surface area (Å²) >= 11 is 0. The normalized spacial score (nSPS) is 10.7. The Bertz CT molecular complexity index is 466. The second-order valence-corrected chi connectivity index (χ2v) is 3.99. The lowest BCUT2D eigenvalue weighted by atomic mass is 10.0. The number of hydrazine groups is 1. The molecule has 0 saturated carbocycles. The minimum absolute atomic E-state index is 0.385. The molecular formula is C13H21N4O+. The third-order valence-corrected chi connectivity index (χ3v) is 2.65. The fraction of sp³-hybridized carbons (Fsp3) is 0.308. The molecule has 18 heavy (non-hydrogen) atoms. The zero-order chi connectivity index (χ0) is 13.7. The van der Waals surface area contributed by atoms with Crippen LogP contribution in [0.2, 0.25) is 0 Å². The van der Waals surface area contributed by atoms with Crippen LogP contribution in [0.15, 0.2) is 18.2 Å². The second kappa shape index (κ2) is 6.07. The van der Waals surface area contributed by atoms with Crippen LogP contribution in [0.3, 0.4) is 0 Å². The Kier molecular flexibility index (Phi) is 4.74. The average Bonchev–Trinajstić information content (AvgIpc) is 2.31. The maximum absolute atomic E-state index is 6.02. The van der Waals surface area contributed by atoms with Crippen LogP contribution in [-0.4, -0.2) is 19.6 Å². The van der Waals surface area contributed by atoms with Crippen LogP contribution in [0, 0.1) is 6.92 Å². The smallest absolute Gasteiger partial charge is 0.359 e. The molecule has 0 aromatic heterocycles. The van der Waals surface area contributed by atoms with Crippen molar-refractivity contribution in [1.82, 2.24) is 0 Å². The number of rotatable bonds is 4. The van der Waals surface area contributed by atoms with Crippen LogP contribution < -0.4 is 22.0 Å². The molecule has 0 spiro atoms. The third-order valence-electron chi connectivity index (χ3n) is 2.65. The van der Waals surface area contributed by atoms with Gasteiger partial charge in [0.2, 0.25) is 0 Å². The lowest BCUT2D eigenvalue weighted by Gasteiger charge is -2.17. The van der Waals surface area contributed by atoms with E-state index in [9.17, 15) is 0 Å². The monoisotopic (exact) mass is 249 g/mol. The SMILES string of the molecule is CCOC(=[NH2+])C=Cc1ccc(N(C)N)c(N)c1C. The van der Waals surface area contributed by atoms with Gasteiger partial charge in [0.05, 0.1) is 24.1 Å². The van der Waals surface area contributed by atoms with E-state index in [0.717, 1.165) is 16.8 Å². The third kappa shape index (κ3) is 3.24. The first kappa shape index (κ1) is 14.1. The molecule has 1 rings (SSSR count). The Balaban J connectivity index is 2.99. The van der Waals surface area contributed by atoms with Gasteiger partial charge in [-0.05, 0) is 37.1 Å². The van der Waals surface area contributed by atoms with Crippen molar-refractivity contribution in [2.24, 2.45) is 5.84 Å². The molecule has 1 aromatic rings. The lowest BCUT2D eigenvalue weighted by Crippen LogP contribution is -2.40. The van der Waals surface area contributed by atoms with Crippen LogP contribution in [0.5, 0.6) is 0 Å². The summed E-state index contributed by atoms with van der Waals surface area (Å²) in [7, 11) is 1.75. The minimum Gasteiger partial charge on any atom is -0.445 e. The summed E-state index contributed by atoms with van der Waals surface area (Å²) in [5, 5.41) is 7.14. The van der Waals surface area contributed by atoms with Crippen molar-refractivity contribution in [3.63, 3.8) is 0 Å². The summed E-state index contributed by atoms with van der Waals surface area (Å²) < 4.78 is 5.14. The topological polar surface area (TPSA) is 90.1 Å². The lowest BCUT2D eigenvalue weighted by molar-refractivity contribution is -0.137. The maximum Gasteiger partial charge on any atom is 0.359 e. The molecule has 5 nitrogen and oxygen atoms in total. The van der Waals surface area contributed by atoms with Gasteiger partial charge >= 0.3 is 5.90 Å². The molecule has 0 fully saturated rings. The zero-order valence-electron chi connectivity index (χ0n) is 11.1. The molecule has 0 aliphatic rings. The number of hydrogen-bond acceptors (Lipinski definition) is 4. The van der Waals surface area contributed by atoms with Crippen molar-refractivity contribution < 1.29 is 10.1 Å². The van der Waals surface area contributed by atoms with Crippen LogP contribution in [0.1, 0.15) is 18.1 Å². The molecule has 0 bridgehead atoms. The van der Waals surface area contributed by atoms with Crippen molar-refractivity contribution in [1.29, 1.82) is 0 Å². The highest BCUT2D eigenvalue weighted by Gasteiger charge is 2.07. The van der Waals surface area contributed by atoms with E-state index in [1.165, 1.54) is 5.01 Å². The highest BCUT2D eigenvalue weighted by molar-refractivity contribution is 5.88. The van der Waals surface area contributed by atoms with E-state index < -0.39 is 0 Å². The number of benzene rings is 1. The summed E-state index contributed by atoms with van der Waals surface area (Å²) in [5.74, 6) is 6.07. The van der Waals surface area contributed by atoms with E-state index in [-0.39, 0.29) is 0 Å². The van der Waals surface area contributed by atoms with E-state index in [1.54, 1.807) is 13.1 Å². The summed E-state index contributed by atoms with van der Waals surface area (Å²) in [6.07, 6.45) is 3.59. The zero-order valence-corrected chi connectivity index (χ0v) is 11.1. The van der Waals surface area contributed by atoms with E-state index >= 15 is 0 Å². The number of nitrogen functional groups attached to an aromatic ring is 1. The molecule has 0 unspecified atom stereocenters. The van der Waals surface area contributed by atoms with Crippen molar-refractivity contribution in [3.8, 4) is 0 Å². The van der Waals surface area contributed by atoms with Gasteiger partial charge in [-0.3, -0.25) is 0 Å². The molecule has 0 aliphatic heterocycles. The van der Waals surface area contributed by atoms with Crippen molar-refractivity contribution in [2.45, 2.75) is 13.8 Å². The van der Waals surface area contributed by atoms with Crippen molar-refractivity contribution in [3.05, 3.63) is 29.3 Å². The molecule has 0 amide bonds. The van der Waals surface area contributed by atoms with Gasteiger partial charge in [-0.15, -0.1) is 0 Å². The van der Waals surface area contributed by atoms with E-state index in [0.29, 0.717) is 18.2 Å². The molecule has 5 heteroatoms. The summed E-state index contributed by atoms with van der Waals surface area (Å²) in [6.45, 7) is 4.38. The molecule has 0 aliphatic carbocycles. The fourth-order valence-electron chi connectivity index (χ4n) is 1.61. The quantitative estimate of drug-likeness (QED) is 0.232. The Labute approximate surface area is 108 Å². The number of nitrogens with two attached hydrogens (primary N) is 3.